The highest BCUT2D eigenvalue weighted by Gasteiger charge is 2.32. The van der Waals surface area contributed by atoms with Crippen LogP contribution in [0.15, 0.2) is 22.7 Å². The normalized spacial score (nSPS) is 25.9. The van der Waals surface area contributed by atoms with Crippen molar-refractivity contribution in [3.8, 4) is 5.75 Å². The third-order valence-electron chi connectivity index (χ3n) is 4.58. The van der Waals surface area contributed by atoms with Crippen molar-refractivity contribution in [2.45, 2.75) is 53.1 Å². The van der Waals surface area contributed by atoms with Crippen molar-refractivity contribution in [3.05, 3.63) is 28.2 Å². The van der Waals surface area contributed by atoms with E-state index >= 15 is 0 Å². The Labute approximate surface area is 136 Å². The maximum Gasteiger partial charge on any atom is 0.159 e. The summed E-state index contributed by atoms with van der Waals surface area (Å²) in [6, 6.07) is 5.62. The van der Waals surface area contributed by atoms with Crippen molar-refractivity contribution >= 4 is 21.7 Å². The number of carbonyl (C=O) groups excluding carboxylic acids is 1. The third-order valence-corrected chi connectivity index (χ3v) is 5.20. The first-order valence-corrected chi connectivity index (χ1v) is 8.65. The Morgan fingerprint density at radius 3 is 2.62 bits per heavy atom. The minimum absolute atomic E-state index is 0.0774. The number of ketones is 1. The predicted molar refractivity (Wildman–Crippen MR) is 89.9 cm³/mol. The summed E-state index contributed by atoms with van der Waals surface area (Å²) < 4.78 is 7.18. The zero-order chi connectivity index (χ0) is 15.6. The zero-order valence-electron chi connectivity index (χ0n) is 13.4. The molecule has 1 aromatic carbocycles. The van der Waals surface area contributed by atoms with Crippen LogP contribution in [0.5, 0.6) is 5.75 Å². The number of hydrogen-bond acceptors (Lipinski definition) is 2. The van der Waals surface area contributed by atoms with E-state index in [2.05, 4.69) is 36.7 Å². The lowest BCUT2D eigenvalue weighted by molar-refractivity contribution is 0.0454. The number of carbonyl (C=O) groups is 1. The average molecular weight is 353 g/mol. The van der Waals surface area contributed by atoms with Gasteiger partial charge >= 0.3 is 0 Å². The first-order chi connectivity index (χ1) is 9.88. The van der Waals surface area contributed by atoms with Gasteiger partial charge in [0.2, 0.25) is 0 Å². The van der Waals surface area contributed by atoms with E-state index in [1.165, 1.54) is 12.8 Å². The molecule has 116 valence electrons. The Bertz CT molecular complexity index is 510. The molecule has 3 heteroatoms. The Morgan fingerprint density at radius 1 is 1.33 bits per heavy atom. The summed E-state index contributed by atoms with van der Waals surface area (Å²) >= 11 is 3.54. The molecule has 1 aliphatic carbocycles. The number of hydrogen-bond donors (Lipinski definition) is 0. The van der Waals surface area contributed by atoms with E-state index in [0.717, 1.165) is 22.6 Å². The molecule has 0 amide bonds. The number of ether oxygens (including phenoxy) is 1. The maximum absolute atomic E-state index is 11.4. The highest BCUT2D eigenvalue weighted by atomic mass is 79.9. The lowest BCUT2D eigenvalue weighted by atomic mass is 9.75. The van der Waals surface area contributed by atoms with E-state index < -0.39 is 0 Å². The molecule has 1 fully saturated rings. The molecule has 0 aromatic heterocycles. The molecular weight excluding hydrogens is 328 g/mol. The summed E-state index contributed by atoms with van der Waals surface area (Å²) in [7, 11) is 0. The molecule has 2 rings (SSSR count). The van der Waals surface area contributed by atoms with E-state index in [9.17, 15) is 4.79 Å². The molecule has 0 bridgehead atoms. The van der Waals surface area contributed by atoms with Gasteiger partial charge in [0.1, 0.15) is 11.9 Å². The van der Waals surface area contributed by atoms with Crippen LogP contribution < -0.4 is 4.74 Å². The van der Waals surface area contributed by atoms with Gasteiger partial charge in [-0.3, -0.25) is 4.79 Å². The van der Waals surface area contributed by atoms with Gasteiger partial charge in [0.05, 0.1) is 4.47 Å². The van der Waals surface area contributed by atoms with Crippen LogP contribution in [0.2, 0.25) is 0 Å². The first kappa shape index (κ1) is 16.5. The van der Waals surface area contributed by atoms with E-state index in [-0.39, 0.29) is 11.9 Å². The molecule has 0 N–H and O–H groups in total. The fourth-order valence-electron chi connectivity index (χ4n) is 3.23. The molecule has 1 aromatic rings. The van der Waals surface area contributed by atoms with E-state index in [4.69, 9.17) is 4.74 Å². The molecule has 1 aliphatic rings. The second-order valence-electron chi connectivity index (χ2n) is 6.68. The molecule has 0 heterocycles. The van der Waals surface area contributed by atoms with Gasteiger partial charge in [-0.05, 0) is 71.6 Å². The summed E-state index contributed by atoms with van der Waals surface area (Å²) in [4.78, 5) is 11.4. The largest absolute Gasteiger partial charge is 0.489 e. The monoisotopic (exact) mass is 352 g/mol. The Balaban J connectivity index is 2.16. The third kappa shape index (κ3) is 4.09. The molecule has 3 unspecified atom stereocenters. The molecule has 0 spiro atoms. The van der Waals surface area contributed by atoms with Crippen molar-refractivity contribution in [3.63, 3.8) is 0 Å². The van der Waals surface area contributed by atoms with Crippen LogP contribution in [-0.4, -0.2) is 11.9 Å². The maximum atomic E-state index is 11.4. The smallest absolute Gasteiger partial charge is 0.159 e. The van der Waals surface area contributed by atoms with E-state index in [1.54, 1.807) is 6.92 Å². The van der Waals surface area contributed by atoms with Gasteiger partial charge in [0, 0.05) is 5.56 Å². The number of rotatable bonds is 4. The fourth-order valence-corrected chi connectivity index (χ4v) is 3.70. The van der Waals surface area contributed by atoms with Crippen molar-refractivity contribution in [1.29, 1.82) is 0 Å². The SMILES string of the molecule is CC(=O)c1ccc(OC2CC(C)CCC2C(C)C)c(Br)c1. The van der Waals surface area contributed by atoms with Crippen LogP contribution >= 0.6 is 15.9 Å². The predicted octanol–water partition coefficient (Wildman–Crippen LogP) is 5.49. The highest BCUT2D eigenvalue weighted by Crippen LogP contribution is 2.37. The Hall–Kier alpha value is -0.830. The van der Waals surface area contributed by atoms with Crippen LogP contribution in [0.1, 0.15) is 57.3 Å². The van der Waals surface area contributed by atoms with Gasteiger partial charge in [-0.1, -0.05) is 27.2 Å². The highest BCUT2D eigenvalue weighted by molar-refractivity contribution is 9.10. The van der Waals surface area contributed by atoms with Crippen LogP contribution in [0.4, 0.5) is 0 Å². The summed E-state index contributed by atoms with van der Waals surface area (Å²) in [5.74, 6) is 2.90. The van der Waals surface area contributed by atoms with E-state index in [0.29, 0.717) is 17.4 Å². The number of halogens is 1. The lowest BCUT2D eigenvalue weighted by Crippen LogP contribution is -2.36. The number of benzene rings is 1. The van der Waals surface area contributed by atoms with Crippen LogP contribution in [0, 0.1) is 17.8 Å². The van der Waals surface area contributed by atoms with Gasteiger partial charge in [-0.2, -0.15) is 0 Å². The zero-order valence-corrected chi connectivity index (χ0v) is 14.9. The van der Waals surface area contributed by atoms with Crippen LogP contribution in [0.25, 0.3) is 0 Å². The fraction of sp³-hybridized carbons (Fsp3) is 0.611. The summed E-state index contributed by atoms with van der Waals surface area (Å²) in [5.41, 5.74) is 0.714. The second-order valence-corrected chi connectivity index (χ2v) is 7.54. The summed E-state index contributed by atoms with van der Waals surface area (Å²) in [5, 5.41) is 0. The van der Waals surface area contributed by atoms with Gasteiger partial charge in [-0.15, -0.1) is 0 Å². The summed E-state index contributed by atoms with van der Waals surface area (Å²) in [6.45, 7) is 8.45. The molecule has 0 saturated heterocycles. The molecule has 1 saturated carbocycles. The molecule has 0 aliphatic heterocycles. The Morgan fingerprint density at radius 2 is 2.05 bits per heavy atom. The minimum atomic E-state index is 0.0774. The van der Waals surface area contributed by atoms with Crippen molar-refractivity contribution < 1.29 is 9.53 Å². The van der Waals surface area contributed by atoms with Gasteiger partial charge < -0.3 is 4.74 Å². The summed E-state index contributed by atoms with van der Waals surface area (Å²) in [6.07, 6.45) is 3.93. The molecule has 2 nitrogen and oxygen atoms in total. The number of Topliss-reactive ketones (excluding diaryl/α,β-unsaturated/α-hetero) is 1. The quantitative estimate of drug-likeness (QED) is 0.669. The van der Waals surface area contributed by atoms with Crippen molar-refractivity contribution in [2.24, 2.45) is 17.8 Å². The van der Waals surface area contributed by atoms with Gasteiger partial charge in [0.15, 0.2) is 5.78 Å². The second kappa shape index (κ2) is 6.95. The van der Waals surface area contributed by atoms with Crippen LogP contribution in [0.3, 0.4) is 0 Å². The van der Waals surface area contributed by atoms with Gasteiger partial charge in [-0.25, -0.2) is 0 Å². The van der Waals surface area contributed by atoms with Crippen LogP contribution in [-0.2, 0) is 0 Å². The van der Waals surface area contributed by atoms with Gasteiger partial charge in [0.25, 0.3) is 0 Å². The topological polar surface area (TPSA) is 26.3 Å². The molecular formula is C18H25BrO2. The van der Waals surface area contributed by atoms with Crippen molar-refractivity contribution in [2.75, 3.05) is 0 Å². The molecule has 21 heavy (non-hydrogen) atoms. The van der Waals surface area contributed by atoms with Crippen molar-refractivity contribution in [1.82, 2.24) is 0 Å². The molecule has 0 radical (unpaired) electrons. The van der Waals surface area contributed by atoms with E-state index in [1.807, 2.05) is 18.2 Å². The first-order valence-electron chi connectivity index (χ1n) is 7.85. The standard InChI is InChI=1S/C18H25BrO2/c1-11(2)15-7-5-12(3)9-18(15)21-17-8-6-14(13(4)20)10-16(17)19/h6,8,10-12,15,18H,5,7,9H2,1-4H3. The average Bonchev–Trinajstić information content (AvgIpc) is 2.40. The molecule has 3 atom stereocenters. The lowest BCUT2D eigenvalue weighted by Gasteiger charge is -2.37. The Kier molecular flexibility index (Phi) is 5.48. The minimum Gasteiger partial charge on any atom is -0.489 e.